The highest BCUT2D eigenvalue weighted by Crippen LogP contribution is 2.26. The lowest BCUT2D eigenvalue weighted by molar-refractivity contribution is 0.202. The first kappa shape index (κ1) is 25.3. The topological polar surface area (TPSA) is 47.9 Å². The molecular formula is C25H43N3O. The van der Waals surface area contributed by atoms with Gasteiger partial charge < -0.3 is 4.74 Å². The third-order valence-corrected chi connectivity index (χ3v) is 5.27. The summed E-state index contributed by atoms with van der Waals surface area (Å²) in [4.78, 5) is 14.2. The van der Waals surface area contributed by atoms with Gasteiger partial charge in [-0.25, -0.2) is 15.0 Å². The molecule has 4 heteroatoms. The largest absolute Gasteiger partial charge is 0.498 e. The fourth-order valence-electron chi connectivity index (χ4n) is 3.31. The van der Waals surface area contributed by atoms with Crippen molar-refractivity contribution in [3.8, 4) is 0 Å². The zero-order valence-corrected chi connectivity index (χ0v) is 20.0. The van der Waals surface area contributed by atoms with Crippen LogP contribution in [0.15, 0.2) is 11.3 Å². The quantitative estimate of drug-likeness (QED) is 0.300. The maximum Gasteiger partial charge on any atom is 0.162 e. The second-order valence-corrected chi connectivity index (χ2v) is 7.97. The highest BCUT2D eigenvalue weighted by Gasteiger charge is 2.14. The van der Waals surface area contributed by atoms with Gasteiger partial charge in [0, 0.05) is 12.0 Å². The van der Waals surface area contributed by atoms with Crippen LogP contribution < -0.4 is 0 Å². The van der Waals surface area contributed by atoms with Crippen LogP contribution in [-0.4, -0.2) is 21.6 Å². The third-order valence-electron chi connectivity index (χ3n) is 5.27. The molecule has 164 valence electrons. The van der Waals surface area contributed by atoms with Crippen LogP contribution in [0.25, 0.3) is 11.1 Å². The number of nitrogens with zero attached hydrogens (tertiary/aromatic N) is 3. The number of aromatic nitrogens is 3. The molecule has 0 spiro atoms. The summed E-state index contributed by atoms with van der Waals surface area (Å²) < 4.78 is 6.07. The van der Waals surface area contributed by atoms with Crippen molar-refractivity contribution in [3.05, 3.63) is 28.8 Å². The SMILES string of the molecule is CCCCC(CCCC)=C(C)c1nc(C)nc(/C(C)=C(\CCCC)OCCC)n1. The Morgan fingerprint density at radius 3 is 1.72 bits per heavy atom. The average Bonchev–Trinajstić information content (AvgIpc) is 2.72. The zero-order chi connectivity index (χ0) is 21.6. The van der Waals surface area contributed by atoms with Crippen molar-refractivity contribution in [2.24, 2.45) is 0 Å². The van der Waals surface area contributed by atoms with E-state index in [9.17, 15) is 0 Å². The molecule has 4 nitrogen and oxygen atoms in total. The summed E-state index contributed by atoms with van der Waals surface area (Å²) in [5, 5.41) is 0. The second kappa shape index (κ2) is 14.3. The second-order valence-electron chi connectivity index (χ2n) is 7.97. The van der Waals surface area contributed by atoms with Gasteiger partial charge in [-0.05, 0) is 64.9 Å². The highest BCUT2D eigenvalue weighted by atomic mass is 16.5. The van der Waals surface area contributed by atoms with Gasteiger partial charge in [-0.15, -0.1) is 0 Å². The van der Waals surface area contributed by atoms with E-state index in [0.29, 0.717) is 0 Å². The number of allylic oxidation sites excluding steroid dienone is 4. The van der Waals surface area contributed by atoms with Crippen molar-refractivity contribution in [1.82, 2.24) is 15.0 Å². The lowest BCUT2D eigenvalue weighted by Gasteiger charge is -2.15. The van der Waals surface area contributed by atoms with Gasteiger partial charge in [-0.2, -0.15) is 0 Å². The van der Waals surface area contributed by atoms with Gasteiger partial charge in [0.2, 0.25) is 0 Å². The van der Waals surface area contributed by atoms with Crippen molar-refractivity contribution in [3.63, 3.8) is 0 Å². The molecule has 29 heavy (non-hydrogen) atoms. The van der Waals surface area contributed by atoms with Gasteiger partial charge in [-0.3, -0.25) is 0 Å². The molecule has 0 amide bonds. The first-order valence-corrected chi connectivity index (χ1v) is 11.7. The molecule has 0 radical (unpaired) electrons. The van der Waals surface area contributed by atoms with Gasteiger partial charge in [0.05, 0.1) is 6.61 Å². The van der Waals surface area contributed by atoms with Gasteiger partial charge in [0.25, 0.3) is 0 Å². The van der Waals surface area contributed by atoms with E-state index in [4.69, 9.17) is 14.7 Å². The van der Waals surface area contributed by atoms with Gasteiger partial charge in [0.1, 0.15) is 11.6 Å². The molecule has 0 N–H and O–H groups in total. The van der Waals surface area contributed by atoms with E-state index in [-0.39, 0.29) is 0 Å². The molecule has 1 rings (SSSR count). The Kier molecular flexibility index (Phi) is 12.5. The molecule has 1 aromatic heterocycles. The fourth-order valence-corrected chi connectivity index (χ4v) is 3.31. The Morgan fingerprint density at radius 2 is 1.21 bits per heavy atom. The Morgan fingerprint density at radius 1 is 0.690 bits per heavy atom. The Bertz CT molecular complexity index is 602. The van der Waals surface area contributed by atoms with E-state index in [1.54, 1.807) is 0 Å². The third kappa shape index (κ3) is 8.67. The van der Waals surface area contributed by atoms with E-state index in [0.717, 1.165) is 73.9 Å². The summed E-state index contributed by atoms with van der Waals surface area (Å²) in [7, 11) is 0. The summed E-state index contributed by atoms with van der Waals surface area (Å²) in [6.45, 7) is 15.8. The molecule has 0 aliphatic heterocycles. The lowest BCUT2D eigenvalue weighted by Crippen LogP contribution is -2.07. The van der Waals surface area contributed by atoms with Crippen molar-refractivity contribution in [1.29, 1.82) is 0 Å². The van der Waals surface area contributed by atoms with E-state index in [1.807, 2.05) is 6.92 Å². The molecule has 0 bridgehead atoms. The monoisotopic (exact) mass is 401 g/mol. The number of hydrogen-bond acceptors (Lipinski definition) is 4. The maximum absolute atomic E-state index is 6.07. The number of ether oxygens (including phenoxy) is 1. The summed E-state index contributed by atoms with van der Waals surface area (Å²) in [5.41, 5.74) is 3.78. The molecule has 0 aliphatic carbocycles. The van der Waals surface area contributed by atoms with Crippen LogP contribution in [0.3, 0.4) is 0 Å². The first-order valence-electron chi connectivity index (χ1n) is 11.7. The minimum Gasteiger partial charge on any atom is -0.498 e. The molecule has 0 saturated heterocycles. The molecule has 1 aromatic rings. The number of rotatable bonds is 14. The Labute approximate surface area is 179 Å². The molecule has 1 heterocycles. The number of aryl methyl sites for hydroxylation is 1. The van der Waals surface area contributed by atoms with Gasteiger partial charge in [0.15, 0.2) is 11.6 Å². The van der Waals surface area contributed by atoms with Crippen LogP contribution in [0.4, 0.5) is 0 Å². The zero-order valence-electron chi connectivity index (χ0n) is 20.0. The maximum atomic E-state index is 6.07. The van der Waals surface area contributed by atoms with E-state index < -0.39 is 0 Å². The minimum atomic E-state index is 0.741. The molecule has 0 fully saturated rings. The minimum absolute atomic E-state index is 0.741. The average molecular weight is 402 g/mol. The molecule has 0 atom stereocenters. The van der Waals surface area contributed by atoms with E-state index in [2.05, 4.69) is 46.5 Å². The highest BCUT2D eigenvalue weighted by molar-refractivity contribution is 5.65. The summed E-state index contributed by atoms with van der Waals surface area (Å²) in [6, 6.07) is 0. The first-order chi connectivity index (χ1) is 14.0. The Balaban J connectivity index is 3.34. The van der Waals surface area contributed by atoms with Crippen LogP contribution in [0.1, 0.15) is 123 Å². The molecule has 0 aromatic carbocycles. The van der Waals surface area contributed by atoms with Crippen molar-refractivity contribution in [2.75, 3.05) is 6.61 Å². The van der Waals surface area contributed by atoms with E-state index >= 15 is 0 Å². The van der Waals surface area contributed by atoms with Gasteiger partial charge in [-0.1, -0.05) is 52.5 Å². The van der Waals surface area contributed by atoms with Crippen molar-refractivity contribution in [2.45, 2.75) is 113 Å². The number of hydrogen-bond donors (Lipinski definition) is 0. The molecule has 0 aliphatic rings. The van der Waals surface area contributed by atoms with Crippen LogP contribution >= 0.6 is 0 Å². The van der Waals surface area contributed by atoms with E-state index in [1.165, 1.54) is 36.8 Å². The molecular weight excluding hydrogens is 358 g/mol. The predicted octanol–water partition coefficient (Wildman–Crippen LogP) is 7.68. The summed E-state index contributed by atoms with van der Waals surface area (Å²) in [5.74, 6) is 3.40. The normalized spacial score (nSPS) is 12.0. The standard InChI is InChI=1S/C25H43N3O/c1-8-12-15-22(16-13-9-2)19(5)24-26-21(7)27-25(28-24)20(6)23(17-14-10-3)29-18-11-4/h8-18H2,1-7H3/b23-20+. The lowest BCUT2D eigenvalue weighted by atomic mass is 9.97. The predicted molar refractivity (Wildman–Crippen MR) is 125 cm³/mol. The smallest absolute Gasteiger partial charge is 0.162 e. The fraction of sp³-hybridized carbons (Fsp3) is 0.720. The van der Waals surface area contributed by atoms with Crippen LogP contribution in [0.5, 0.6) is 0 Å². The number of unbranched alkanes of at least 4 members (excludes halogenated alkanes) is 3. The van der Waals surface area contributed by atoms with Crippen molar-refractivity contribution < 1.29 is 4.74 Å². The molecule has 0 unspecified atom stereocenters. The molecule has 0 saturated carbocycles. The summed E-state index contributed by atoms with van der Waals surface area (Å²) in [6.07, 6.45) is 11.3. The van der Waals surface area contributed by atoms with Crippen LogP contribution in [0, 0.1) is 6.92 Å². The summed E-state index contributed by atoms with van der Waals surface area (Å²) >= 11 is 0. The van der Waals surface area contributed by atoms with Gasteiger partial charge >= 0.3 is 0 Å². The van der Waals surface area contributed by atoms with Crippen LogP contribution in [-0.2, 0) is 4.74 Å². The van der Waals surface area contributed by atoms with Crippen molar-refractivity contribution >= 4 is 11.1 Å². The van der Waals surface area contributed by atoms with Crippen LogP contribution in [0.2, 0.25) is 0 Å². The Hall–Kier alpha value is -1.71.